The van der Waals surface area contributed by atoms with Crippen LogP contribution in [0, 0.1) is 0 Å². The maximum Gasteiger partial charge on any atom is 0.290 e. The van der Waals surface area contributed by atoms with E-state index in [0.29, 0.717) is 15.6 Å². The number of carbonyl (C=O) groups excluding carboxylic acids is 3. The van der Waals surface area contributed by atoms with Crippen molar-refractivity contribution >= 4 is 57.1 Å². The normalized spacial score (nSPS) is 10.6. The van der Waals surface area contributed by atoms with Crippen LogP contribution in [0.15, 0.2) is 64.8 Å². The zero-order valence-corrected chi connectivity index (χ0v) is 19.4. The lowest BCUT2D eigenvalue weighted by Crippen LogP contribution is -2.42. The summed E-state index contributed by atoms with van der Waals surface area (Å²) in [6.07, 6.45) is 0. The average molecular weight is 496 g/mol. The maximum atomic E-state index is 12.8. The summed E-state index contributed by atoms with van der Waals surface area (Å²) in [5.41, 5.74) is 4.74. The first-order valence-electron chi connectivity index (χ1n) is 10.1. The van der Waals surface area contributed by atoms with Gasteiger partial charge in [-0.25, -0.2) is 4.68 Å². The van der Waals surface area contributed by atoms with Gasteiger partial charge < -0.3 is 5.32 Å². The number of hydrogen-bond acceptors (Lipinski definition) is 6. The lowest BCUT2D eigenvalue weighted by atomic mass is 10.1. The molecule has 3 N–H and O–H groups in total. The van der Waals surface area contributed by atoms with E-state index >= 15 is 0 Å². The molecule has 2 heterocycles. The third-order valence-electron chi connectivity index (χ3n) is 4.89. The number of benzene rings is 2. The number of hydrazine groups is 1. The van der Waals surface area contributed by atoms with Crippen molar-refractivity contribution in [1.82, 2.24) is 20.6 Å². The molecule has 0 spiro atoms. The number of nitrogens with zero attached hydrogens (tertiary/aromatic N) is 2. The summed E-state index contributed by atoms with van der Waals surface area (Å²) in [7, 11) is 0. The molecule has 9 nitrogen and oxygen atoms in total. The number of halogens is 1. The fourth-order valence-electron chi connectivity index (χ4n) is 3.22. The van der Waals surface area contributed by atoms with Gasteiger partial charge in [-0.2, -0.15) is 5.10 Å². The molecule has 0 saturated carbocycles. The second-order valence-electron chi connectivity index (χ2n) is 7.05. The quantitative estimate of drug-likeness (QED) is 0.366. The zero-order valence-electron chi connectivity index (χ0n) is 17.8. The molecule has 0 atom stereocenters. The van der Waals surface area contributed by atoms with Crippen molar-refractivity contribution < 1.29 is 14.4 Å². The van der Waals surface area contributed by atoms with Crippen LogP contribution in [0.3, 0.4) is 0 Å². The van der Waals surface area contributed by atoms with E-state index in [1.807, 2.05) is 0 Å². The Bertz CT molecular complexity index is 1470. The van der Waals surface area contributed by atoms with Gasteiger partial charge in [-0.15, -0.1) is 11.3 Å². The highest BCUT2D eigenvalue weighted by Crippen LogP contribution is 2.24. The van der Waals surface area contributed by atoms with Crippen molar-refractivity contribution in [2.24, 2.45) is 0 Å². The number of amides is 3. The predicted molar refractivity (Wildman–Crippen MR) is 130 cm³/mol. The summed E-state index contributed by atoms with van der Waals surface area (Å²) in [5.74, 6) is -1.68. The number of carbonyl (C=O) groups is 3. The lowest BCUT2D eigenvalue weighted by Gasteiger charge is -2.12. The van der Waals surface area contributed by atoms with Crippen LogP contribution in [0.2, 0.25) is 5.02 Å². The van der Waals surface area contributed by atoms with E-state index in [-0.39, 0.29) is 40.0 Å². The summed E-state index contributed by atoms with van der Waals surface area (Å²) in [6.45, 7) is 2.02. The van der Waals surface area contributed by atoms with Gasteiger partial charge >= 0.3 is 0 Å². The minimum absolute atomic E-state index is 0.00245. The van der Waals surface area contributed by atoms with Crippen LogP contribution in [0.1, 0.15) is 37.4 Å². The highest BCUT2D eigenvalue weighted by molar-refractivity contribution is 7.12. The Kier molecular flexibility index (Phi) is 6.71. The monoisotopic (exact) mass is 495 g/mol. The standard InChI is InChI=1S/C23H18ClN5O4S/c1-2-29-23(33)15-7-4-3-6-14(15)19(28-29)22(32)27-26-20(30)13-9-10-16(24)17(12-13)25-21(31)18-8-5-11-34-18/h3-12H,2H2,1H3,(H,25,31)(H,26,30)(H,27,32). The fourth-order valence-corrected chi connectivity index (χ4v) is 4.00. The van der Waals surface area contributed by atoms with E-state index < -0.39 is 11.8 Å². The minimum atomic E-state index is -0.688. The number of fused-ring (bicyclic) bond motifs is 1. The molecule has 0 radical (unpaired) electrons. The predicted octanol–water partition coefficient (Wildman–Crippen LogP) is 3.46. The van der Waals surface area contributed by atoms with Crippen molar-refractivity contribution in [1.29, 1.82) is 0 Å². The van der Waals surface area contributed by atoms with E-state index in [0.717, 1.165) is 0 Å². The van der Waals surface area contributed by atoms with Crippen molar-refractivity contribution in [2.75, 3.05) is 5.32 Å². The van der Waals surface area contributed by atoms with E-state index in [9.17, 15) is 19.2 Å². The van der Waals surface area contributed by atoms with E-state index in [2.05, 4.69) is 21.3 Å². The van der Waals surface area contributed by atoms with Crippen LogP contribution in [0.5, 0.6) is 0 Å². The smallest absolute Gasteiger partial charge is 0.290 e. The molecule has 11 heteroatoms. The van der Waals surface area contributed by atoms with Gasteiger partial charge in [-0.05, 0) is 42.6 Å². The van der Waals surface area contributed by atoms with Crippen LogP contribution in [-0.4, -0.2) is 27.5 Å². The molecule has 0 aliphatic heterocycles. The minimum Gasteiger partial charge on any atom is -0.320 e. The molecule has 0 unspecified atom stereocenters. The number of aryl methyl sites for hydroxylation is 1. The Morgan fingerprint density at radius 2 is 1.71 bits per heavy atom. The average Bonchev–Trinajstić information content (AvgIpc) is 3.39. The molecule has 2 aromatic heterocycles. The number of anilines is 1. The van der Waals surface area contributed by atoms with Gasteiger partial charge in [0.1, 0.15) is 0 Å². The topological polar surface area (TPSA) is 122 Å². The second-order valence-corrected chi connectivity index (χ2v) is 8.40. The Labute approximate surface area is 202 Å². The first-order chi connectivity index (χ1) is 16.4. The zero-order chi connectivity index (χ0) is 24.2. The summed E-state index contributed by atoms with van der Waals surface area (Å²) in [5, 5.41) is 9.54. The molecule has 34 heavy (non-hydrogen) atoms. The number of nitrogens with one attached hydrogen (secondary N) is 3. The van der Waals surface area contributed by atoms with Crippen LogP contribution in [0.25, 0.3) is 10.8 Å². The van der Waals surface area contributed by atoms with Gasteiger partial charge in [-0.3, -0.25) is 30.0 Å². The van der Waals surface area contributed by atoms with Crippen molar-refractivity contribution in [3.63, 3.8) is 0 Å². The number of rotatable bonds is 5. The summed E-state index contributed by atoms with van der Waals surface area (Å²) in [6, 6.07) is 14.3. The molecule has 3 amide bonds. The van der Waals surface area contributed by atoms with Gasteiger partial charge in [0, 0.05) is 17.5 Å². The molecule has 4 aromatic rings. The number of hydrogen-bond donors (Lipinski definition) is 3. The molecular formula is C23H18ClN5O4S. The maximum absolute atomic E-state index is 12.8. The fraction of sp³-hybridized carbons (Fsp3) is 0.0870. The van der Waals surface area contributed by atoms with E-state index in [4.69, 9.17) is 11.6 Å². The Morgan fingerprint density at radius 1 is 0.971 bits per heavy atom. The SMILES string of the molecule is CCn1nc(C(=O)NNC(=O)c2ccc(Cl)c(NC(=O)c3cccs3)c2)c2ccccc2c1=O. The Hall–Kier alpha value is -4.02. The van der Waals surface area contributed by atoms with Crippen LogP contribution < -0.4 is 21.7 Å². The molecule has 0 saturated heterocycles. The van der Waals surface area contributed by atoms with Gasteiger partial charge in [0.2, 0.25) is 0 Å². The highest BCUT2D eigenvalue weighted by atomic mass is 35.5. The molecule has 172 valence electrons. The summed E-state index contributed by atoms with van der Waals surface area (Å²) >= 11 is 7.43. The van der Waals surface area contributed by atoms with Gasteiger partial charge in [0.25, 0.3) is 23.3 Å². The molecule has 0 bridgehead atoms. The van der Waals surface area contributed by atoms with Crippen molar-refractivity contribution in [3.8, 4) is 0 Å². The van der Waals surface area contributed by atoms with Gasteiger partial charge in [0.15, 0.2) is 5.69 Å². The number of aromatic nitrogens is 2. The first kappa shape index (κ1) is 23.1. The van der Waals surface area contributed by atoms with Gasteiger partial charge in [-0.1, -0.05) is 35.9 Å². The third kappa shape index (κ3) is 4.68. The second kappa shape index (κ2) is 9.86. The Balaban J connectivity index is 1.51. The molecule has 0 fully saturated rings. The summed E-state index contributed by atoms with van der Waals surface area (Å²) < 4.78 is 1.18. The third-order valence-corrected chi connectivity index (χ3v) is 6.09. The summed E-state index contributed by atoms with van der Waals surface area (Å²) in [4.78, 5) is 50.7. The van der Waals surface area contributed by atoms with Gasteiger partial charge in [0.05, 0.1) is 21.0 Å². The molecule has 0 aliphatic carbocycles. The largest absolute Gasteiger partial charge is 0.320 e. The van der Waals surface area contributed by atoms with Crippen LogP contribution >= 0.6 is 22.9 Å². The van der Waals surface area contributed by atoms with E-state index in [1.54, 1.807) is 48.7 Å². The molecular weight excluding hydrogens is 478 g/mol. The first-order valence-corrected chi connectivity index (χ1v) is 11.4. The molecule has 0 aliphatic rings. The highest BCUT2D eigenvalue weighted by Gasteiger charge is 2.18. The lowest BCUT2D eigenvalue weighted by molar-refractivity contribution is 0.0843. The Morgan fingerprint density at radius 3 is 2.41 bits per heavy atom. The van der Waals surface area contributed by atoms with Crippen molar-refractivity contribution in [2.45, 2.75) is 13.5 Å². The van der Waals surface area contributed by atoms with Crippen molar-refractivity contribution in [3.05, 3.63) is 91.5 Å². The van der Waals surface area contributed by atoms with Crippen LogP contribution in [0.4, 0.5) is 5.69 Å². The van der Waals surface area contributed by atoms with Crippen LogP contribution in [-0.2, 0) is 6.54 Å². The number of thiophene rings is 1. The molecule has 2 aromatic carbocycles. The van der Waals surface area contributed by atoms with E-state index in [1.165, 1.54) is 34.2 Å². The molecule has 4 rings (SSSR count).